The highest BCUT2D eigenvalue weighted by atomic mass is 16.3. The van der Waals surface area contributed by atoms with E-state index in [4.69, 9.17) is 0 Å². The summed E-state index contributed by atoms with van der Waals surface area (Å²) in [6, 6.07) is 0. The Morgan fingerprint density at radius 3 is 2.00 bits per heavy atom. The normalized spacial score (nSPS) is 16.6. The zero-order valence-electron chi connectivity index (χ0n) is 9.93. The van der Waals surface area contributed by atoms with Crippen LogP contribution in [0.25, 0.3) is 0 Å². The van der Waals surface area contributed by atoms with Gasteiger partial charge in [0.15, 0.2) is 0 Å². The Kier molecular flexibility index (Phi) is 5.62. The zero-order valence-corrected chi connectivity index (χ0v) is 9.93. The average molecular weight is 186 g/mol. The van der Waals surface area contributed by atoms with Gasteiger partial charge in [0.1, 0.15) is 0 Å². The lowest BCUT2D eigenvalue weighted by molar-refractivity contribution is -0.0191. The molecule has 1 unspecified atom stereocenters. The Labute approximate surface area is 83.5 Å². The third kappa shape index (κ3) is 4.66. The molecule has 0 amide bonds. The molecule has 0 aliphatic carbocycles. The average Bonchev–Trinajstić information content (AvgIpc) is 2.03. The molecular weight excluding hydrogens is 160 g/mol. The third-order valence-corrected chi connectivity index (χ3v) is 3.08. The summed E-state index contributed by atoms with van der Waals surface area (Å²) in [6.07, 6.45) is 4.22. The molecule has 0 aromatic rings. The summed E-state index contributed by atoms with van der Waals surface area (Å²) in [5.74, 6) is 1.14. The van der Waals surface area contributed by atoms with E-state index in [9.17, 15) is 5.11 Å². The van der Waals surface area contributed by atoms with E-state index < -0.39 is 5.60 Å². The summed E-state index contributed by atoms with van der Waals surface area (Å²) in [6.45, 7) is 10.8. The standard InChI is InChI=1S/C12H26O/c1-6-12(13,11(4)5)9-7-8-10(2)3/h10-11,13H,6-9H2,1-5H3. The molecule has 80 valence electrons. The van der Waals surface area contributed by atoms with Crippen molar-refractivity contribution in [3.63, 3.8) is 0 Å². The molecule has 13 heavy (non-hydrogen) atoms. The van der Waals surface area contributed by atoms with Crippen LogP contribution in [0, 0.1) is 11.8 Å². The number of hydrogen-bond acceptors (Lipinski definition) is 1. The monoisotopic (exact) mass is 186 g/mol. The first kappa shape index (κ1) is 13.0. The van der Waals surface area contributed by atoms with Gasteiger partial charge in [-0.2, -0.15) is 0 Å². The van der Waals surface area contributed by atoms with Crippen LogP contribution < -0.4 is 0 Å². The molecule has 1 heteroatoms. The van der Waals surface area contributed by atoms with E-state index >= 15 is 0 Å². The minimum Gasteiger partial charge on any atom is -0.390 e. The Balaban J connectivity index is 3.84. The first-order chi connectivity index (χ1) is 5.92. The SMILES string of the molecule is CCC(O)(CCCC(C)C)C(C)C. The number of hydrogen-bond donors (Lipinski definition) is 1. The molecule has 1 nitrogen and oxygen atoms in total. The van der Waals surface area contributed by atoms with Gasteiger partial charge in [0, 0.05) is 0 Å². The van der Waals surface area contributed by atoms with Gasteiger partial charge < -0.3 is 5.11 Å². The summed E-state index contributed by atoms with van der Waals surface area (Å²) < 4.78 is 0. The maximum atomic E-state index is 10.2. The Hall–Kier alpha value is -0.0400. The molecule has 1 N–H and O–H groups in total. The molecule has 0 spiro atoms. The molecule has 0 radical (unpaired) electrons. The van der Waals surface area contributed by atoms with Gasteiger partial charge in [0.2, 0.25) is 0 Å². The minimum atomic E-state index is -0.422. The number of rotatable bonds is 6. The summed E-state index contributed by atoms with van der Waals surface area (Å²) in [5, 5.41) is 10.2. The fourth-order valence-corrected chi connectivity index (χ4v) is 1.69. The molecule has 1 atom stereocenters. The van der Waals surface area contributed by atoms with Crippen LogP contribution in [0.4, 0.5) is 0 Å². The van der Waals surface area contributed by atoms with E-state index in [0.717, 1.165) is 25.2 Å². The molecule has 0 saturated carbocycles. The van der Waals surface area contributed by atoms with Crippen LogP contribution in [0.1, 0.15) is 60.3 Å². The molecule has 0 rings (SSSR count). The van der Waals surface area contributed by atoms with Gasteiger partial charge in [0.25, 0.3) is 0 Å². The van der Waals surface area contributed by atoms with Crippen LogP contribution in [0.15, 0.2) is 0 Å². The second kappa shape index (κ2) is 5.64. The number of aliphatic hydroxyl groups is 1. The van der Waals surface area contributed by atoms with Crippen molar-refractivity contribution in [2.75, 3.05) is 0 Å². The van der Waals surface area contributed by atoms with Crippen molar-refractivity contribution in [3.05, 3.63) is 0 Å². The minimum absolute atomic E-state index is 0.379. The predicted molar refractivity (Wildman–Crippen MR) is 58.8 cm³/mol. The van der Waals surface area contributed by atoms with E-state index in [1.807, 2.05) is 0 Å². The second-order valence-electron chi connectivity index (χ2n) is 4.90. The largest absolute Gasteiger partial charge is 0.390 e. The summed E-state index contributed by atoms with van der Waals surface area (Å²) >= 11 is 0. The van der Waals surface area contributed by atoms with Crippen molar-refractivity contribution < 1.29 is 5.11 Å². The molecule has 0 aliphatic heterocycles. The smallest absolute Gasteiger partial charge is 0.0668 e. The summed E-state index contributed by atoms with van der Waals surface area (Å²) in [7, 11) is 0. The van der Waals surface area contributed by atoms with Crippen molar-refractivity contribution in [3.8, 4) is 0 Å². The van der Waals surface area contributed by atoms with E-state index in [-0.39, 0.29) is 0 Å². The van der Waals surface area contributed by atoms with Crippen LogP contribution >= 0.6 is 0 Å². The summed E-state index contributed by atoms with van der Waals surface area (Å²) in [5.41, 5.74) is -0.422. The fraction of sp³-hybridized carbons (Fsp3) is 1.00. The molecule has 0 fully saturated rings. The molecule has 0 heterocycles. The second-order valence-corrected chi connectivity index (χ2v) is 4.90. The van der Waals surface area contributed by atoms with Gasteiger partial charge in [-0.25, -0.2) is 0 Å². The van der Waals surface area contributed by atoms with Gasteiger partial charge >= 0.3 is 0 Å². The van der Waals surface area contributed by atoms with Gasteiger partial charge in [-0.3, -0.25) is 0 Å². The summed E-state index contributed by atoms with van der Waals surface area (Å²) in [4.78, 5) is 0. The first-order valence-electron chi connectivity index (χ1n) is 5.64. The first-order valence-corrected chi connectivity index (χ1v) is 5.64. The maximum Gasteiger partial charge on any atom is 0.0668 e. The quantitative estimate of drug-likeness (QED) is 0.672. The molecule has 0 aromatic heterocycles. The lowest BCUT2D eigenvalue weighted by Gasteiger charge is -2.31. The lowest BCUT2D eigenvalue weighted by atomic mass is 9.82. The lowest BCUT2D eigenvalue weighted by Crippen LogP contribution is -2.34. The molecule has 0 aliphatic rings. The third-order valence-electron chi connectivity index (χ3n) is 3.08. The molecular formula is C12H26O. The predicted octanol–water partition coefficient (Wildman–Crippen LogP) is 3.61. The highest BCUT2D eigenvalue weighted by Gasteiger charge is 2.27. The molecule has 0 saturated heterocycles. The maximum absolute atomic E-state index is 10.2. The van der Waals surface area contributed by atoms with Gasteiger partial charge in [-0.05, 0) is 24.7 Å². The Morgan fingerprint density at radius 2 is 1.69 bits per heavy atom. The highest BCUT2D eigenvalue weighted by molar-refractivity contribution is 4.80. The van der Waals surface area contributed by atoms with E-state index in [1.54, 1.807) is 0 Å². The van der Waals surface area contributed by atoms with Crippen molar-refractivity contribution in [2.45, 2.75) is 65.9 Å². The molecule has 0 bridgehead atoms. The zero-order chi connectivity index (χ0) is 10.5. The fourth-order valence-electron chi connectivity index (χ4n) is 1.69. The van der Waals surface area contributed by atoms with Crippen molar-refractivity contribution in [2.24, 2.45) is 11.8 Å². The van der Waals surface area contributed by atoms with Crippen molar-refractivity contribution >= 4 is 0 Å². The molecule has 0 aromatic carbocycles. The van der Waals surface area contributed by atoms with Crippen LogP contribution in [-0.4, -0.2) is 10.7 Å². The Morgan fingerprint density at radius 1 is 1.15 bits per heavy atom. The van der Waals surface area contributed by atoms with E-state index in [0.29, 0.717) is 5.92 Å². The van der Waals surface area contributed by atoms with Gasteiger partial charge in [0.05, 0.1) is 5.60 Å². The van der Waals surface area contributed by atoms with E-state index in [2.05, 4.69) is 34.6 Å². The van der Waals surface area contributed by atoms with E-state index in [1.165, 1.54) is 6.42 Å². The van der Waals surface area contributed by atoms with Crippen molar-refractivity contribution in [1.29, 1.82) is 0 Å². The topological polar surface area (TPSA) is 20.2 Å². The highest BCUT2D eigenvalue weighted by Crippen LogP contribution is 2.27. The van der Waals surface area contributed by atoms with Crippen LogP contribution in [0.3, 0.4) is 0 Å². The van der Waals surface area contributed by atoms with Crippen molar-refractivity contribution in [1.82, 2.24) is 0 Å². The van der Waals surface area contributed by atoms with Gasteiger partial charge in [-0.1, -0.05) is 47.5 Å². The van der Waals surface area contributed by atoms with Crippen LogP contribution in [-0.2, 0) is 0 Å². The van der Waals surface area contributed by atoms with Crippen LogP contribution in [0.2, 0.25) is 0 Å². The van der Waals surface area contributed by atoms with Gasteiger partial charge in [-0.15, -0.1) is 0 Å². The Bertz CT molecular complexity index is 129. The van der Waals surface area contributed by atoms with Crippen LogP contribution in [0.5, 0.6) is 0 Å².